The molecule has 1 amide bonds. The molecule has 0 spiro atoms. The number of nitrogens with one attached hydrogen (secondary N) is 1. The van der Waals surface area contributed by atoms with E-state index in [-0.39, 0.29) is 5.91 Å². The predicted molar refractivity (Wildman–Crippen MR) is 75.6 cm³/mol. The fourth-order valence-electron chi connectivity index (χ4n) is 1.94. The van der Waals surface area contributed by atoms with Crippen molar-refractivity contribution in [2.75, 3.05) is 52.4 Å². The van der Waals surface area contributed by atoms with Gasteiger partial charge in [0.2, 0.25) is 23.6 Å². The van der Waals surface area contributed by atoms with E-state index in [1.807, 2.05) is 0 Å². The molecular weight excluding hydrogens is 276 g/mol. The van der Waals surface area contributed by atoms with Crippen molar-refractivity contribution in [2.45, 2.75) is 6.42 Å². The van der Waals surface area contributed by atoms with Crippen LogP contribution in [-0.4, -0.2) is 67.8 Å². The summed E-state index contributed by atoms with van der Waals surface area (Å²) in [5, 5.41) is 3.00. The van der Waals surface area contributed by atoms with E-state index in [0.29, 0.717) is 57.0 Å². The first-order valence-corrected chi connectivity index (χ1v) is 6.79. The molecule has 1 N–H and O–H groups in total. The van der Waals surface area contributed by atoms with E-state index in [1.165, 1.54) is 14.2 Å². The highest BCUT2D eigenvalue weighted by molar-refractivity contribution is 5.76. The van der Waals surface area contributed by atoms with Gasteiger partial charge in [0.15, 0.2) is 0 Å². The van der Waals surface area contributed by atoms with Crippen LogP contribution < -0.4 is 14.8 Å². The quantitative estimate of drug-likeness (QED) is 0.800. The first-order valence-electron chi connectivity index (χ1n) is 6.79. The molecule has 0 radical (unpaired) electrons. The maximum absolute atomic E-state index is 12.0. The highest BCUT2D eigenvalue weighted by Crippen LogP contribution is 2.17. The summed E-state index contributed by atoms with van der Waals surface area (Å²) in [6.45, 7) is 2.97. The maximum Gasteiger partial charge on any atom is 0.229 e. The second-order valence-electron chi connectivity index (χ2n) is 4.45. The van der Waals surface area contributed by atoms with Crippen molar-refractivity contribution in [3.05, 3.63) is 6.07 Å². The molecule has 1 fully saturated rings. The Morgan fingerprint density at radius 1 is 1.29 bits per heavy atom. The average molecular weight is 296 g/mol. The molecule has 116 valence electrons. The van der Waals surface area contributed by atoms with E-state index < -0.39 is 0 Å². The largest absolute Gasteiger partial charge is 0.481 e. The SMILES string of the molecule is COc1cc(OC)nc(NCCC(=O)N2CCOCC2)n1. The number of nitrogens with zero attached hydrogens (tertiary/aromatic N) is 3. The summed E-state index contributed by atoms with van der Waals surface area (Å²) in [6, 6.07) is 1.59. The van der Waals surface area contributed by atoms with Crippen molar-refractivity contribution in [3.63, 3.8) is 0 Å². The van der Waals surface area contributed by atoms with Crippen LogP contribution in [-0.2, 0) is 9.53 Å². The Kier molecular flexibility index (Phi) is 5.56. The Labute approximate surface area is 123 Å². The van der Waals surface area contributed by atoms with Gasteiger partial charge in [-0.3, -0.25) is 4.79 Å². The van der Waals surface area contributed by atoms with Gasteiger partial charge in [-0.2, -0.15) is 9.97 Å². The smallest absolute Gasteiger partial charge is 0.229 e. The van der Waals surface area contributed by atoms with E-state index in [2.05, 4.69) is 15.3 Å². The molecule has 1 aliphatic heterocycles. The Balaban J connectivity index is 1.83. The molecule has 2 heterocycles. The summed E-state index contributed by atoms with van der Waals surface area (Å²) < 4.78 is 15.3. The van der Waals surface area contributed by atoms with Crippen molar-refractivity contribution >= 4 is 11.9 Å². The summed E-state index contributed by atoms with van der Waals surface area (Å²) in [5.74, 6) is 1.29. The van der Waals surface area contributed by atoms with E-state index in [0.717, 1.165) is 0 Å². The number of rotatable bonds is 6. The van der Waals surface area contributed by atoms with Gasteiger partial charge in [-0.1, -0.05) is 0 Å². The summed E-state index contributed by atoms with van der Waals surface area (Å²) in [4.78, 5) is 22.1. The molecule has 1 aromatic rings. The van der Waals surface area contributed by atoms with Crippen LogP contribution in [0.25, 0.3) is 0 Å². The zero-order valence-electron chi connectivity index (χ0n) is 12.3. The van der Waals surface area contributed by atoms with Crippen LogP contribution in [0, 0.1) is 0 Å². The Bertz CT molecular complexity index is 455. The van der Waals surface area contributed by atoms with Crippen molar-refractivity contribution in [1.82, 2.24) is 14.9 Å². The second kappa shape index (κ2) is 7.63. The first-order chi connectivity index (χ1) is 10.2. The number of anilines is 1. The lowest BCUT2D eigenvalue weighted by molar-refractivity contribution is -0.134. The minimum absolute atomic E-state index is 0.0978. The molecule has 0 bridgehead atoms. The number of amides is 1. The van der Waals surface area contributed by atoms with Crippen molar-refractivity contribution < 1.29 is 19.0 Å². The summed E-state index contributed by atoms with van der Waals surface area (Å²) in [7, 11) is 3.04. The van der Waals surface area contributed by atoms with E-state index in [4.69, 9.17) is 14.2 Å². The number of hydrogen-bond acceptors (Lipinski definition) is 7. The molecule has 2 rings (SSSR count). The second-order valence-corrected chi connectivity index (χ2v) is 4.45. The standard InChI is InChI=1S/C13H20N4O4/c1-19-10-9-11(20-2)16-13(15-10)14-4-3-12(18)17-5-7-21-8-6-17/h9H,3-8H2,1-2H3,(H,14,15,16). The minimum atomic E-state index is 0.0978. The minimum Gasteiger partial charge on any atom is -0.481 e. The maximum atomic E-state index is 12.0. The molecule has 1 saturated heterocycles. The lowest BCUT2D eigenvalue weighted by Gasteiger charge is -2.26. The topological polar surface area (TPSA) is 85.8 Å². The molecule has 0 aromatic carbocycles. The van der Waals surface area contributed by atoms with Gasteiger partial charge >= 0.3 is 0 Å². The average Bonchev–Trinajstić information content (AvgIpc) is 2.55. The van der Waals surface area contributed by atoms with Gasteiger partial charge in [0.25, 0.3) is 0 Å². The fourth-order valence-corrected chi connectivity index (χ4v) is 1.94. The number of methoxy groups -OCH3 is 2. The molecular formula is C13H20N4O4. The Morgan fingerprint density at radius 3 is 2.48 bits per heavy atom. The normalized spacial score (nSPS) is 14.7. The molecule has 0 atom stereocenters. The number of hydrogen-bond donors (Lipinski definition) is 1. The number of ether oxygens (including phenoxy) is 3. The van der Waals surface area contributed by atoms with Gasteiger partial charge in [0.1, 0.15) is 0 Å². The monoisotopic (exact) mass is 296 g/mol. The van der Waals surface area contributed by atoms with E-state index >= 15 is 0 Å². The van der Waals surface area contributed by atoms with Gasteiger partial charge in [0.05, 0.1) is 33.5 Å². The van der Waals surface area contributed by atoms with Gasteiger partial charge in [-0.25, -0.2) is 0 Å². The summed E-state index contributed by atoms with van der Waals surface area (Å²) in [6.07, 6.45) is 0.378. The highest BCUT2D eigenvalue weighted by atomic mass is 16.5. The summed E-state index contributed by atoms with van der Waals surface area (Å²) in [5.41, 5.74) is 0. The van der Waals surface area contributed by atoms with Crippen LogP contribution in [0.2, 0.25) is 0 Å². The number of aromatic nitrogens is 2. The van der Waals surface area contributed by atoms with E-state index in [1.54, 1.807) is 11.0 Å². The van der Waals surface area contributed by atoms with Crippen LogP contribution >= 0.6 is 0 Å². The molecule has 8 heteroatoms. The zero-order chi connectivity index (χ0) is 15.1. The first kappa shape index (κ1) is 15.3. The Hall–Kier alpha value is -2.09. The van der Waals surface area contributed by atoms with Gasteiger partial charge in [-0.05, 0) is 0 Å². The van der Waals surface area contributed by atoms with Gasteiger partial charge in [-0.15, -0.1) is 0 Å². The fraction of sp³-hybridized carbons (Fsp3) is 0.615. The van der Waals surface area contributed by atoms with Crippen LogP contribution in [0.15, 0.2) is 6.07 Å². The van der Waals surface area contributed by atoms with Gasteiger partial charge in [0, 0.05) is 26.1 Å². The molecule has 0 unspecified atom stereocenters. The van der Waals surface area contributed by atoms with Crippen LogP contribution in [0.1, 0.15) is 6.42 Å². The molecule has 21 heavy (non-hydrogen) atoms. The number of carbonyl (C=O) groups is 1. The number of carbonyl (C=O) groups excluding carboxylic acids is 1. The third-order valence-corrected chi connectivity index (χ3v) is 3.08. The van der Waals surface area contributed by atoms with Crippen molar-refractivity contribution in [2.24, 2.45) is 0 Å². The lowest BCUT2D eigenvalue weighted by atomic mass is 10.3. The molecule has 1 aliphatic rings. The zero-order valence-corrected chi connectivity index (χ0v) is 12.3. The summed E-state index contributed by atoms with van der Waals surface area (Å²) >= 11 is 0. The van der Waals surface area contributed by atoms with Crippen molar-refractivity contribution in [3.8, 4) is 11.8 Å². The molecule has 8 nitrogen and oxygen atoms in total. The lowest BCUT2D eigenvalue weighted by Crippen LogP contribution is -2.41. The van der Waals surface area contributed by atoms with Crippen LogP contribution in [0.3, 0.4) is 0 Å². The molecule has 1 aromatic heterocycles. The Morgan fingerprint density at radius 2 is 1.90 bits per heavy atom. The number of morpholine rings is 1. The molecule has 0 aliphatic carbocycles. The van der Waals surface area contributed by atoms with Crippen LogP contribution in [0.4, 0.5) is 5.95 Å². The third kappa shape index (κ3) is 4.45. The van der Waals surface area contributed by atoms with E-state index in [9.17, 15) is 4.79 Å². The van der Waals surface area contributed by atoms with Crippen molar-refractivity contribution in [1.29, 1.82) is 0 Å². The molecule has 0 saturated carbocycles. The van der Waals surface area contributed by atoms with Crippen LogP contribution in [0.5, 0.6) is 11.8 Å². The third-order valence-electron chi connectivity index (χ3n) is 3.08. The highest BCUT2D eigenvalue weighted by Gasteiger charge is 2.16. The van der Waals surface area contributed by atoms with Gasteiger partial charge < -0.3 is 24.4 Å². The predicted octanol–water partition coefficient (Wildman–Crippen LogP) is 0.155.